The van der Waals surface area contributed by atoms with Gasteiger partial charge in [0.15, 0.2) is 0 Å². The summed E-state index contributed by atoms with van der Waals surface area (Å²) in [5.74, 6) is 0. The lowest BCUT2D eigenvalue weighted by molar-refractivity contribution is 0.682. The lowest BCUT2D eigenvalue weighted by Crippen LogP contribution is -2.30. The monoisotopic (exact) mass is 413 g/mol. The molecule has 0 spiro atoms. The van der Waals surface area contributed by atoms with E-state index in [1.54, 1.807) is 0 Å². The van der Waals surface area contributed by atoms with Crippen LogP contribution in [0.3, 0.4) is 0 Å². The Morgan fingerprint density at radius 1 is 1.05 bits per heavy atom. The lowest BCUT2D eigenvalue weighted by Gasteiger charge is -2.30. The fraction of sp³-hybridized carbons (Fsp3) is 0.333. The van der Waals surface area contributed by atoms with Gasteiger partial charge in [-0.3, -0.25) is 0 Å². The average Bonchev–Trinajstić information content (AvgIpc) is 2.43. The zero-order valence-corrected chi connectivity index (χ0v) is 15.9. The predicted octanol–water partition coefficient (Wildman–Crippen LogP) is 5.98. The molecular formula is C18H21ClIN. The maximum Gasteiger partial charge on any atom is 0.0436 e. The molecule has 0 saturated heterocycles. The molecule has 0 aliphatic carbocycles. The van der Waals surface area contributed by atoms with Crippen LogP contribution in [0, 0.1) is 17.4 Å². The highest BCUT2D eigenvalue weighted by Crippen LogP contribution is 2.26. The lowest BCUT2D eigenvalue weighted by atomic mass is 10.1. The van der Waals surface area contributed by atoms with Gasteiger partial charge in [-0.1, -0.05) is 23.7 Å². The molecule has 0 atom stereocenters. The number of benzene rings is 2. The van der Waals surface area contributed by atoms with Crippen molar-refractivity contribution in [3.63, 3.8) is 0 Å². The number of rotatable bonds is 4. The number of aryl methyl sites for hydroxylation is 2. The van der Waals surface area contributed by atoms with E-state index in [-0.39, 0.29) is 0 Å². The van der Waals surface area contributed by atoms with E-state index in [9.17, 15) is 0 Å². The molecule has 2 aromatic rings. The molecule has 2 aromatic carbocycles. The fourth-order valence-corrected chi connectivity index (χ4v) is 3.01. The predicted molar refractivity (Wildman–Crippen MR) is 101 cm³/mol. The SMILES string of the molecule is Cc1cc(N(Cc2ccc(C)c(I)c2)C(C)C)ccc1Cl. The Bertz CT molecular complexity index is 637. The van der Waals surface area contributed by atoms with Crippen LogP contribution in [0.2, 0.25) is 5.02 Å². The molecule has 0 aliphatic rings. The third-order valence-electron chi connectivity index (χ3n) is 3.69. The molecule has 112 valence electrons. The maximum atomic E-state index is 6.14. The van der Waals surface area contributed by atoms with Crippen molar-refractivity contribution in [1.82, 2.24) is 0 Å². The van der Waals surface area contributed by atoms with Crippen molar-refractivity contribution in [2.24, 2.45) is 0 Å². The Morgan fingerprint density at radius 3 is 2.33 bits per heavy atom. The van der Waals surface area contributed by atoms with Gasteiger partial charge in [-0.15, -0.1) is 0 Å². The van der Waals surface area contributed by atoms with Gasteiger partial charge >= 0.3 is 0 Å². The van der Waals surface area contributed by atoms with Gasteiger partial charge in [-0.05, 0) is 91.2 Å². The van der Waals surface area contributed by atoms with Gasteiger partial charge < -0.3 is 4.90 Å². The van der Waals surface area contributed by atoms with Crippen LogP contribution in [-0.4, -0.2) is 6.04 Å². The fourth-order valence-electron chi connectivity index (χ4n) is 2.31. The molecule has 0 heterocycles. The zero-order valence-electron chi connectivity index (χ0n) is 13.0. The van der Waals surface area contributed by atoms with Crippen LogP contribution >= 0.6 is 34.2 Å². The van der Waals surface area contributed by atoms with E-state index in [1.807, 2.05) is 6.07 Å². The van der Waals surface area contributed by atoms with Crippen molar-refractivity contribution in [1.29, 1.82) is 0 Å². The van der Waals surface area contributed by atoms with Gasteiger partial charge in [0.05, 0.1) is 0 Å². The average molecular weight is 414 g/mol. The van der Waals surface area contributed by atoms with E-state index < -0.39 is 0 Å². The minimum atomic E-state index is 0.435. The first-order valence-electron chi connectivity index (χ1n) is 7.16. The van der Waals surface area contributed by atoms with Gasteiger partial charge in [0.1, 0.15) is 0 Å². The molecule has 21 heavy (non-hydrogen) atoms. The summed E-state index contributed by atoms with van der Waals surface area (Å²) in [6.45, 7) is 9.56. The number of anilines is 1. The first kappa shape index (κ1) is 16.6. The Hall–Kier alpha value is -0.740. The van der Waals surface area contributed by atoms with Crippen molar-refractivity contribution in [3.05, 3.63) is 61.7 Å². The Morgan fingerprint density at radius 2 is 1.76 bits per heavy atom. The summed E-state index contributed by atoms with van der Waals surface area (Å²) in [5.41, 5.74) is 5.02. The second kappa shape index (κ2) is 7.01. The first-order valence-corrected chi connectivity index (χ1v) is 8.62. The van der Waals surface area contributed by atoms with Crippen LogP contribution in [0.4, 0.5) is 5.69 Å². The van der Waals surface area contributed by atoms with Crippen molar-refractivity contribution in [2.75, 3.05) is 4.90 Å². The standard InChI is InChI=1S/C18H21ClIN/c1-12(2)21(16-7-8-17(19)14(4)9-16)11-15-6-5-13(3)18(20)10-15/h5-10,12H,11H2,1-4H3. The Kier molecular flexibility index (Phi) is 5.55. The van der Waals surface area contributed by atoms with Crippen molar-refractivity contribution in [2.45, 2.75) is 40.3 Å². The molecule has 0 bridgehead atoms. The van der Waals surface area contributed by atoms with Crippen molar-refractivity contribution in [3.8, 4) is 0 Å². The molecule has 0 aromatic heterocycles. The number of hydrogen-bond acceptors (Lipinski definition) is 1. The highest BCUT2D eigenvalue weighted by atomic mass is 127. The topological polar surface area (TPSA) is 3.24 Å². The Labute approximate surface area is 146 Å². The summed E-state index contributed by atoms with van der Waals surface area (Å²) in [6, 6.07) is 13.4. The third kappa shape index (κ3) is 4.13. The normalized spacial score (nSPS) is 11.0. The van der Waals surface area contributed by atoms with E-state index in [4.69, 9.17) is 11.6 Å². The van der Waals surface area contributed by atoms with Crippen LogP contribution in [0.5, 0.6) is 0 Å². The highest BCUT2D eigenvalue weighted by Gasteiger charge is 2.12. The molecule has 0 radical (unpaired) electrons. The van der Waals surface area contributed by atoms with E-state index in [1.165, 1.54) is 20.4 Å². The summed E-state index contributed by atoms with van der Waals surface area (Å²) in [4.78, 5) is 2.41. The molecule has 0 N–H and O–H groups in total. The summed E-state index contributed by atoms with van der Waals surface area (Å²) in [5, 5.41) is 0.826. The maximum absolute atomic E-state index is 6.14. The van der Waals surface area contributed by atoms with E-state index in [2.05, 4.69) is 85.5 Å². The minimum absolute atomic E-state index is 0.435. The summed E-state index contributed by atoms with van der Waals surface area (Å²) in [6.07, 6.45) is 0. The second-order valence-corrected chi connectivity index (χ2v) is 7.31. The molecule has 2 rings (SSSR count). The summed E-state index contributed by atoms with van der Waals surface area (Å²) < 4.78 is 1.32. The molecule has 0 unspecified atom stereocenters. The van der Waals surface area contributed by atoms with E-state index in [0.29, 0.717) is 6.04 Å². The molecular weight excluding hydrogens is 393 g/mol. The molecule has 0 saturated carbocycles. The second-order valence-electron chi connectivity index (χ2n) is 5.74. The van der Waals surface area contributed by atoms with Gasteiger partial charge in [-0.25, -0.2) is 0 Å². The molecule has 0 amide bonds. The zero-order chi connectivity index (χ0) is 15.6. The Balaban J connectivity index is 2.30. The quantitative estimate of drug-likeness (QED) is 0.558. The van der Waals surface area contributed by atoms with E-state index >= 15 is 0 Å². The molecule has 3 heteroatoms. The van der Waals surface area contributed by atoms with Crippen LogP contribution in [0.15, 0.2) is 36.4 Å². The van der Waals surface area contributed by atoms with Gasteiger partial charge in [0.2, 0.25) is 0 Å². The molecule has 0 aliphatic heterocycles. The summed E-state index contributed by atoms with van der Waals surface area (Å²) in [7, 11) is 0. The van der Waals surface area contributed by atoms with Crippen LogP contribution < -0.4 is 4.90 Å². The molecule has 1 nitrogen and oxygen atoms in total. The summed E-state index contributed by atoms with van der Waals surface area (Å²) >= 11 is 8.55. The largest absolute Gasteiger partial charge is 0.365 e. The highest BCUT2D eigenvalue weighted by molar-refractivity contribution is 14.1. The third-order valence-corrected chi connectivity index (χ3v) is 5.27. The van der Waals surface area contributed by atoms with Crippen LogP contribution in [0.1, 0.15) is 30.5 Å². The molecule has 0 fully saturated rings. The number of halogens is 2. The smallest absolute Gasteiger partial charge is 0.0436 e. The first-order chi connectivity index (χ1) is 9.88. The van der Waals surface area contributed by atoms with Gasteiger partial charge in [0, 0.05) is 26.9 Å². The number of nitrogens with zero attached hydrogens (tertiary/aromatic N) is 1. The number of hydrogen-bond donors (Lipinski definition) is 0. The minimum Gasteiger partial charge on any atom is -0.365 e. The van der Waals surface area contributed by atoms with Crippen LogP contribution in [0.25, 0.3) is 0 Å². The van der Waals surface area contributed by atoms with Crippen LogP contribution in [-0.2, 0) is 6.54 Å². The van der Waals surface area contributed by atoms with E-state index in [0.717, 1.165) is 17.1 Å². The van der Waals surface area contributed by atoms with Gasteiger partial charge in [-0.2, -0.15) is 0 Å². The van der Waals surface area contributed by atoms with Crippen molar-refractivity contribution < 1.29 is 0 Å². The van der Waals surface area contributed by atoms with Crippen molar-refractivity contribution >= 4 is 39.9 Å². The van der Waals surface area contributed by atoms with Gasteiger partial charge in [0.25, 0.3) is 0 Å².